The van der Waals surface area contributed by atoms with Gasteiger partial charge >= 0.3 is 5.97 Å². The van der Waals surface area contributed by atoms with Crippen LogP contribution in [0.3, 0.4) is 0 Å². The van der Waals surface area contributed by atoms with Crippen molar-refractivity contribution in [2.75, 3.05) is 18.1 Å². The second kappa shape index (κ2) is 7.19. The minimum Gasteiger partial charge on any atom is -0.461 e. The van der Waals surface area contributed by atoms with E-state index in [-0.39, 0.29) is 5.69 Å². The molecule has 0 spiro atoms. The molecule has 4 rings (SSSR count). The van der Waals surface area contributed by atoms with E-state index in [2.05, 4.69) is 15.1 Å². The smallest absolute Gasteiger partial charge is 0.357 e. The number of fused-ring (bicyclic) bond motifs is 1. The van der Waals surface area contributed by atoms with Crippen LogP contribution in [0.2, 0.25) is 0 Å². The Balaban J connectivity index is 1.65. The van der Waals surface area contributed by atoms with Crippen LogP contribution in [0.4, 0.5) is 5.95 Å². The molecule has 0 atom stereocenters. The predicted octanol–water partition coefficient (Wildman–Crippen LogP) is 3.18. The molecule has 0 unspecified atom stereocenters. The number of rotatable bonds is 4. The van der Waals surface area contributed by atoms with Crippen molar-refractivity contribution in [3.8, 4) is 11.3 Å². The zero-order chi connectivity index (χ0) is 18.8. The number of aryl methyl sites for hydroxylation is 1. The van der Waals surface area contributed by atoms with Crippen LogP contribution in [0.5, 0.6) is 0 Å². The monoisotopic (exact) mass is 364 g/mol. The fourth-order valence-electron chi connectivity index (χ4n) is 3.21. The Morgan fingerprint density at radius 1 is 1.26 bits per heavy atom. The second-order valence-corrected chi connectivity index (χ2v) is 6.39. The Hall–Kier alpha value is -3.22. The Kier molecular flexibility index (Phi) is 4.58. The molecule has 1 aliphatic rings. The zero-order valence-corrected chi connectivity index (χ0v) is 15.3. The molecule has 7 heteroatoms. The molecule has 0 bridgehead atoms. The van der Waals surface area contributed by atoms with E-state index >= 15 is 0 Å². The molecule has 0 amide bonds. The SMILES string of the molecule is CCOC(=O)c1cc(C)nc(N2CCc3onc(-c4ccccc4)c3C2)n1. The van der Waals surface area contributed by atoms with Crippen molar-refractivity contribution in [1.82, 2.24) is 15.1 Å². The number of nitrogens with zero attached hydrogens (tertiary/aromatic N) is 4. The minimum atomic E-state index is -0.433. The average Bonchev–Trinajstić information content (AvgIpc) is 3.11. The Morgan fingerprint density at radius 2 is 2.07 bits per heavy atom. The van der Waals surface area contributed by atoms with Crippen molar-refractivity contribution < 1.29 is 14.1 Å². The highest BCUT2D eigenvalue weighted by Gasteiger charge is 2.27. The first-order valence-electron chi connectivity index (χ1n) is 8.96. The molecule has 0 radical (unpaired) electrons. The van der Waals surface area contributed by atoms with Crippen LogP contribution in [0.1, 0.15) is 34.4 Å². The van der Waals surface area contributed by atoms with Gasteiger partial charge in [-0.05, 0) is 19.9 Å². The van der Waals surface area contributed by atoms with Crippen molar-refractivity contribution >= 4 is 11.9 Å². The second-order valence-electron chi connectivity index (χ2n) is 6.39. The number of carbonyl (C=O) groups excluding carboxylic acids is 1. The Morgan fingerprint density at radius 3 is 2.85 bits per heavy atom. The number of aromatic nitrogens is 3. The molecular weight excluding hydrogens is 344 g/mol. The molecule has 0 saturated heterocycles. The summed E-state index contributed by atoms with van der Waals surface area (Å²) in [7, 11) is 0. The lowest BCUT2D eigenvalue weighted by Gasteiger charge is -2.26. The number of esters is 1. The average molecular weight is 364 g/mol. The maximum absolute atomic E-state index is 12.1. The Labute approximate surface area is 157 Å². The van der Waals surface area contributed by atoms with Gasteiger partial charge in [0, 0.05) is 29.8 Å². The third-order valence-corrected chi connectivity index (χ3v) is 4.48. The summed E-state index contributed by atoms with van der Waals surface area (Å²) in [6, 6.07) is 11.6. The van der Waals surface area contributed by atoms with Crippen LogP contribution in [0.25, 0.3) is 11.3 Å². The van der Waals surface area contributed by atoms with E-state index in [9.17, 15) is 4.79 Å². The molecular formula is C20H20N4O3. The van der Waals surface area contributed by atoms with E-state index in [0.29, 0.717) is 32.1 Å². The van der Waals surface area contributed by atoms with E-state index in [1.807, 2.05) is 42.2 Å². The molecule has 0 saturated carbocycles. The molecule has 3 heterocycles. The third-order valence-electron chi connectivity index (χ3n) is 4.48. The number of carbonyl (C=O) groups is 1. The number of ether oxygens (including phenoxy) is 1. The van der Waals surface area contributed by atoms with E-state index < -0.39 is 5.97 Å². The van der Waals surface area contributed by atoms with E-state index in [4.69, 9.17) is 9.26 Å². The zero-order valence-electron chi connectivity index (χ0n) is 15.3. The minimum absolute atomic E-state index is 0.277. The number of hydrogen-bond acceptors (Lipinski definition) is 7. The van der Waals surface area contributed by atoms with Crippen LogP contribution in [0.15, 0.2) is 40.9 Å². The summed E-state index contributed by atoms with van der Waals surface area (Å²) < 4.78 is 10.6. The number of anilines is 1. The van der Waals surface area contributed by atoms with Gasteiger partial charge in [-0.3, -0.25) is 0 Å². The van der Waals surface area contributed by atoms with Crippen molar-refractivity contribution in [2.45, 2.75) is 26.8 Å². The molecule has 2 aromatic heterocycles. The summed E-state index contributed by atoms with van der Waals surface area (Å²) in [6.45, 7) is 5.20. The first-order chi connectivity index (χ1) is 13.2. The quantitative estimate of drug-likeness (QED) is 0.658. The van der Waals surface area contributed by atoms with Gasteiger partial charge in [-0.25, -0.2) is 14.8 Å². The van der Waals surface area contributed by atoms with Crippen LogP contribution in [-0.4, -0.2) is 34.2 Å². The summed E-state index contributed by atoms with van der Waals surface area (Å²) in [4.78, 5) is 23.1. The van der Waals surface area contributed by atoms with Gasteiger partial charge in [-0.1, -0.05) is 35.5 Å². The van der Waals surface area contributed by atoms with Crippen LogP contribution in [-0.2, 0) is 17.7 Å². The number of hydrogen-bond donors (Lipinski definition) is 0. The Bertz CT molecular complexity index is 969. The topological polar surface area (TPSA) is 81.4 Å². The first-order valence-corrected chi connectivity index (χ1v) is 8.96. The number of benzene rings is 1. The van der Waals surface area contributed by atoms with Gasteiger partial charge in [-0.2, -0.15) is 0 Å². The normalized spacial score (nSPS) is 13.3. The summed E-state index contributed by atoms with van der Waals surface area (Å²) in [5, 5.41) is 4.27. The van der Waals surface area contributed by atoms with Crippen molar-refractivity contribution in [3.63, 3.8) is 0 Å². The molecule has 3 aromatic rings. The van der Waals surface area contributed by atoms with Gasteiger partial charge in [0.1, 0.15) is 11.5 Å². The molecule has 27 heavy (non-hydrogen) atoms. The first kappa shape index (κ1) is 17.2. The van der Waals surface area contributed by atoms with E-state index in [0.717, 1.165) is 28.3 Å². The third kappa shape index (κ3) is 3.40. The van der Waals surface area contributed by atoms with Gasteiger partial charge in [0.05, 0.1) is 13.2 Å². The van der Waals surface area contributed by atoms with Crippen molar-refractivity contribution in [1.29, 1.82) is 0 Å². The highest BCUT2D eigenvalue weighted by Crippen LogP contribution is 2.31. The van der Waals surface area contributed by atoms with Crippen LogP contribution < -0.4 is 4.90 Å². The molecule has 138 valence electrons. The lowest BCUT2D eigenvalue weighted by molar-refractivity contribution is 0.0519. The standard InChI is InChI=1S/C20H20N4O3/c1-3-26-19(25)16-11-13(2)21-20(22-16)24-10-9-17-15(12-24)18(23-27-17)14-7-5-4-6-8-14/h4-8,11H,3,9-10,12H2,1-2H3. The summed E-state index contributed by atoms with van der Waals surface area (Å²) in [6.07, 6.45) is 0.710. The lowest BCUT2D eigenvalue weighted by atomic mass is 10.0. The maximum atomic E-state index is 12.1. The molecule has 1 aliphatic heterocycles. The molecule has 7 nitrogen and oxygen atoms in total. The molecule has 1 aromatic carbocycles. The van der Waals surface area contributed by atoms with Crippen molar-refractivity contribution in [3.05, 3.63) is 59.1 Å². The van der Waals surface area contributed by atoms with Gasteiger partial charge in [-0.15, -0.1) is 0 Å². The van der Waals surface area contributed by atoms with Gasteiger partial charge in [0.25, 0.3) is 0 Å². The van der Waals surface area contributed by atoms with Crippen LogP contribution >= 0.6 is 0 Å². The van der Waals surface area contributed by atoms with E-state index in [1.54, 1.807) is 13.0 Å². The highest BCUT2D eigenvalue weighted by atomic mass is 16.5. The molecule has 0 aliphatic carbocycles. The van der Waals surface area contributed by atoms with Crippen molar-refractivity contribution in [2.24, 2.45) is 0 Å². The van der Waals surface area contributed by atoms with Gasteiger partial charge in [0.2, 0.25) is 5.95 Å². The summed E-state index contributed by atoms with van der Waals surface area (Å²) in [5.74, 6) is 0.976. The lowest BCUT2D eigenvalue weighted by Crippen LogP contribution is -2.32. The van der Waals surface area contributed by atoms with Gasteiger partial charge in [0.15, 0.2) is 5.69 Å². The van der Waals surface area contributed by atoms with E-state index in [1.165, 1.54) is 0 Å². The molecule has 0 fully saturated rings. The predicted molar refractivity (Wildman–Crippen MR) is 99.4 cm³/mol. The largest absolute Gasteiger partial charge is 0.461 e. The van der Waals surface area contributed by atoms with Gasteiger partial charge < -0.3 is 14.2 Å². The fourth-order valence-corrected chi connectivity index (χ4v) is 3.21. The maximum Gasteiger partial charge on any atom is 0.357 e. The molecule has 0 N–H and O–H groups in total. The summed E-state index contributed by atoms with van der Waals surface area (Å²) >= 11 is 0. The fraction of sp³-hybridized carbons (Fsp3) is 0.300. The highest BCUT2D eigenvalue weighted by molar-refractivity contribution is 5.87. The van der Waals surface area contributed by atoms with Crippen LogP contribution in [0, 0.1) is 6.92 Å². The summed E-state index contributed by atoms with van der Waals surface area (Å²) in [5.41, 5.74) is 3.90.